The van der Waals surface area contributed by atoms with Gasteiger partial charge in [0.05, 0.1) is 5.69 Å². The SMILES string of the molecule is CC(Nc1cc(-c2cncc(-c3ccc(F)cc3)c2)nc(-c2ccccc2)n1)c1ccccc1. The van der Waals surface area contributed by atoms with Crippen LogP contribution in [0.15, 0.2) is 109 Å². The van der Waals surface area contributed by atoms with Crippen LogP contribution >= 0.6 is 0 Å². The topological polar surface area (TPSA) is 50.7 Å². The van der Waals surface area contributed by atoms with E-state index in [4.69, 9.17) is 9.97 Å². The monoisotopic (exact) mass is 446 g/mol. The summed E-state index contributed by atoms with van der Waals surface area (Å²) in [5.41, 5.74) is 5.50. The summed E-state index contributed by atoms with van der Waals surface area (Å²) < 4.78 is 13.4. The number of nitrogens with zero attached hydrogens (tertiary/aromatic N) is 3. The van der Waals surface area contributed by atoms with E-state index in [0.29, 0.717) is 5.82 Å². The Bertz CT molecular complexity index is 1390. The summed E-state index contributed by atoms with van der Waals surface area (Å²) in [4.78, 5) is 14.1. The van der Waals surface area contributed by atoms with Gasteiger partial charge in [-0.15, -0.1) is 0 Å². The maximum Gasteiger partial charge on any atom is 0.162 e. The van der Waals surface area contributed by atoms with Crippen molar-refractivity contribution < 1.29 is 4.39 Å². The highest BCUT2D eigenvalue weighted by atomic mass is 19.1. The number of anilines is 1. The quantitative estimate of drug-likeness (QED) is 0.300. The Kier molecular flexibility index (Phi) is 6.08. The molecule has 1 atom stereocenters. The van der Waals surface area contributed by atoms with Gasteiger partial charge in [-0.05, 0) is 36.2 Å². The van der Waals surface area contributed by atoms with Crippen molar-refractivity contribution in [3.63, 3.8) is 0 Å². The Morgan fingerprint density at radius 1 is 0.676 bits per heavy atom. The number of rotatable bonds is 6. The lowest BCUT2D eigenvalue weighted by molar-refractivity contribution is 0.628. The lowest BCUT2D eigenvalue weighted by Gasteiger charge is -2.16. The molecule has 1 N–H and O–H groups in total. The molecule has 3 aromatic carbocycles. The van der Waals surface area contributed by atoms with Gasteiger partial charge in [0.2, 0.25) is 0 Å². The van der Waals surface area contributed by atoms with Gasteiger partial charge in [-0.1, -0.05) is 72.8 Å². The summed E-state index contributed by atoms with van der Waals surface area (Å²) in [6, 6.07) is 30.6. The number of hydrogen-bond acceptors (Lipinski definition) is 4. The number of aromatic nitrogens is 3. The van der Waals surface area contributed by atoms with Crippen LogP contribution in [0.5, 0.6) is 0 Å². The van der Waals surface area contributed by atoms with Crippen molar-refractivity contribution in [2.24, 2.45) is 0 Å². The largest absolute Gasteiger partial charge is 0.363 e. The van der Waals surface area contributed by atoms with Gasteiger partial charge >= 0.3 is 0 Å². The lowest BCUT2D eigenvalue weighted by Crippen LogP contribution is -2.09. The molecule has 4 nitrogen and oxygen atoms in total. The fourth-order valence-corrected chi connectivity index (χ4v) is 3.81. The number of hydrogen-bond donors (Lipinski definition) is 1. The van der Waals surface area contributed by atoms with E-state index in [0.717, 1.165) is 33.8 Å². The van der Waals surface area contributed by atoms with Crippen molar-refractivity contribution in [2.45, 2.75) is 13.0 Å². The summed E-state index contributed by atoms with van der Waals surface area (Å²) in [7, 11) is 0. The molecule has 5 rings (SSSR count). The van der Waals surface area contributed by atoms with Crippen LogP contribution in [0.4, 0.5) is 10.2 Å². The zero-order valence-corrected chi connectivity index (χ0v) is 18.7. The first kappa shape index (κ1) is 21.5. The molecule has 2 aromatic heterocycles. The Morgan fingerprint density at radius 2 is 1.35 bits per heavy atom. The normalized spacial score (nSPS) is 11.7. The number of nitrogens with one attached hydrogen (secondary N) is 1. The van der Waals surface area contributed by atoms with E-state index in [1.54, 1.807) is 24.5 Å². The molecule has 34 heavy (non-hydrogen) atoms. The third kappa shape index (κ3) is 4.84. The van der Waals surface area contributed by atoms with Crippen LogP contribution in [-0.2, 0) is 0 Å². The summed E-state index contributed by atoms with van der Waals surface area (Å²) in [5.74, 6) is 1.10. The highest BCUT2D eigenvalue weighted by Crippen LogP contribution is 2.29. The number of pyridine rings is 1. The van der Waals surface area contributed by atoms with Gasteiger partial charge in [-0.25, -0.2) is 14.4 Å². The molecule has 0 amide bonds. The van der Waals surface area contributed by atoms with E-state index >= 15 is 0 Å². The molecule has 2 heterocycles. The van der Waals surface area contributed by atoms with Gasteiger partial charge in [-0.2, -0.15) is 0 Å². The van der Waals surface area contributed by atoms with Crippen LogP contribution in [0.1, 0.15) is 18.5 Å². The fourth-order valence-electron chi connectivity index (χ4n) is 3.81. The first-order valence-corrected chi connectivity index (χ1v) is 11.1. The average Bonchev–Trinajstić information content (AvgIpc) is 2.90. The molecule has 0 spiro atoms. The summed E-state index contributed by atoms with van der Waals surface area (Å²) in [6.45, 7) is 2.11. The van der Waals surface area contributed by atoms with Crippen LogP contribution < -0.4 is 5.32 Å². The predicted molar refractivity (Wildman–Crippen MR) is 135 cm³/mol. The molecule has 166 valence electrons. The van der Waals surface area contributed by atoms with Crippen molar-refractivity contribution in [2.75, 3.05) is 5.32 Å². The molecular formula is C29H23FN4. The summed E-state index contributed by atoms with van der Waals surface area (Å²) in [5, 5.41) is 3.52. The van der Waals surface area contributed by atoms with E-state index in [9.17, 15) is 4.39 Å². The van der Waals surface area contributed by atoms with E-state index in [1.807, 2.05) is 60.7 Å². The molecule has 0 aliphatic carbocycles. The molecular weight excluding hydrogens is 423 g/mol. The van der Waals surface area contributed by atoms with Crippen LogP contribution in [0.3, 0.4) is 0 Å². The third-order valence-corrected chi connectivity index (χ3v) is 5.63. The molecule has 1 unspecified atom stereocenters. The minimum Gasteiger partial charge on any atom is -0.363 e. The second kappa shape index (κ2) is 9.63. The number of benzene rings is 3. The third-order valence-electron chi connectivity index (χ3n) is 5.63. The highest BCUT2D eigenvalue weighted by Gasteiger charge is 2.13. The number of halogens is 1. The van der Waals surface area contributed by atoms with E-state index in [-0.39, 0.29) is 11.9 Å². The Balaban J connectivity index is 1.56. The van der Waals surface area contributed by atoms with Crippen LogP contribution in [0.2, 0.25) is 0 Å². The molecule has 0 aliphatic rings. The van der Waals surface area contributed by atoms with E-state index < -0.39 is 0 Å². The molecule has 0 aliphatic heterocycles. The molecule has 5 aromatic rings. The van der Waals surface area contributed by atoms with Crippen molar-refractivity contribution in [1.29, 1.82) is 0 Å². The van der Waals surface area contributed by atoms with E-state index in [2.05, 4.69) is 29.4 Å². The average molecular weight is 447 g/mol. The molecule has 0 radical (unpaired) electrons. The Labute approximate surface area is 198 Å². The second-order valence-electron chi connectivity index (χ2n) is 8.07. The summed E-state index contributed by atoms with van der Waals surface area (Å²) in [6.07, 6.45) is 3.56. The smallest absolute Gasteiger partial charge is 0.162 e. The second-order valence-corrected chi connectivity index (χ2v) is 8.07. The van der Waals surface area contributed by atoms with Crippen LogP contribution in [-0.4, -0.2) is 15.0 Å². The van der Waals surface area contributed by atoms with Crippen molar-refractivity contribution >= 4 is 5.82 Å². The summed E-state index contributed by atoms with van der Waals surface area (Å²) >= 11 is 0. The first-order chi connectivity index (χ1) is 16.7. The molecule has 0 bridgehead atoms. The standard InChI is InChI=1S/C29H23FN4/c1-20(21-8-4-2-5-9-21)32-28-17-27(33-29(34-28)23-10-6-3-7-11-23)25-16-24(18-31-19-25)22-12-14-26(30)15-13-22/h2-20H,1H3,(H,32,33,34). The molecule has 0 fully saturated rings. The zero-order chi connectivity index (χ0) is 23.3. The van der Waals surface area contributed by atoms with Gasteiger partial charge in [0.15, 0.2) is 5.82 Å². The fraction of sp³-hybridized carbons (Fsp3) is 0.0690. The van der Waals surface area contributed by atoms with Crippen molar-refractivity contribution in [3.8, 4) is 33.8 Å². The van der Waals surface area contributed by atoms with Gasteiger partial charge in [0.25, 0.3) is 0 Å². The lowest BCUT2D eigenvalue weighted by atomic mass is 10.0. The predicted octanol–water partition coefficient (Wildman–Crippen LogP) is 7.18. The minimum absolute atomic E-state index is 0.0660. The van der Waals surface area contributed by atoms with Crippen LogP contribution in [0, 0.1) is 5.82 Å². The zero-order valence-electron chi connectivity index (χ0n) is 18.7. The maximum atomic E-state index is 13.4. The Hall–Kier alpha value is -4.38. The maximum absolute atomic E-state index is 13.4. The van der Waals surface area contributed by atoms with Crippen molar-refractivity contribution in [3.05, 3.63) is 121 Å². The van der Waals surface area contributed by atoms with Gasteiger partial charge in [0.1, 0.15) is 11.6 Å². The highest BCUT2D eigenvalue weighted by molar-refractivity contribution is 5.72. The first-order valence-electron chi connectivity index (χ1n) is 11.1. The minimum atomic E-state index is -0.264. The molecule has 5 heteroatoms. The van der Waals surface area contributed by atoms with Gasteiger partial charge in [-0.3, -0.25) is 4.98 Å². The van der Waals surface area contributed by atoms with E-state index in [1.165, 1.54) is 17.7 Å². The van der Waals surface area contributed by atoms with Gasteiger partial charge < -0.3 is 5.32 Å². The van der Waals surface area contributed by atoms with Crippen molar-refractivity contribution in [1.82, 2.24) is 15.0 Å². The van der Waals surface area contributed by atoms with Crippen LogP contribution in [0.25, 0.3) is 33.8 Å². The Morgan fingerprint density at radius 3 is 2.09 bits per heavy atom. The molecule has 0 saturated heterocycles. The molecule has 0 saturated carbocycles. The van der Waals surface area contributed by atoms with Gasteiger partial charge in [0, 0.05) is 41.2 Å².